The first-order chi connectivity index (χ1) is 7.31. The summed E-state index contributed by atoms with van der Waals surface area (Å²) in [5.41, 5.74) is 3.01. The molecule has 0 radical (unpaired) electrons. The van der Waals surface area contributed by atoms with Gasteiger partial charge in [-0.05, 0) is 30.9 Å². The van der Waals surface area contributed by atoms with Crippen molar-refractivity contribution in [1.82, 2.24) is 5.32 Å². The second kappa shape index (κ2) is 4.63. The van der Waals surface area contributed by atoms with Crippen molar-refractivity contribution in [2.24, 2.45) is 0 Å². The summed E-state index contributed by atoms with van der Waals surface area (Å²) in [6.07, 6.45) is 4.24. The average molecular weight is 201 g/mol. The van der Waals surface area contributed by atoms with Gasteiger partial charge in [-0.25, -0.2) is 0 Å². The summed E-state index contributed by atoms with van der Waals surface area (Å²) in [5.74, 6) is 0.601. The predicted molar refractivity (Wildman–Crippen MR) is 65.2 cm³/mol. The lowest BCUT2D eigenvalue weighted by Gasteiger charge is -2.15. The van der Waals surface area contributed by atoms with Crippen LogP contribution in [0, 0.1) is 0 Å². The van der Waals surface area contributed by atoms with Gasteiger partial charge in [0.15, 0.2) is 0 Å². The number of hydrogen-bond donors (Lipinski definition) is 1. The summed E-state index contributed by atoms with van der Waals surface area (Å²) < 4.78 is 0. The molecule has 0 amide bonds. The van der Waals surface area contributed by atoms with Gasteiger partial charge in [-0.2, -0.15) is 0 Å². The second-order valence-corrected chi connectivity index (χ2v) is 4.43. The molecule has 0 fully saturated rings. The van der Waals surface area contributed by atoms with Gasteiger partial charge in [0, 0.05) is 18.5 Å². The molecule has 0 unspecified atom stereocenters. The molecule has 1 aromatic rings. The number of fused-ring (bicyclic) bond motifs is 1. The third-order valence-corrected chi connectivity index (χ3v) is 3.18. The van der Waals surface area contributed by atoms with Gasteiger partial charge in [0.2, 0.25) is 0 Å². The molecule has 0 bridgehead atoms. The molecule has 0 spiro atoms. The van der Waals surface area contributed by atoms with Crippen LogP contribution in [-0.4, -0.2) is 12.6 Å². The van der Waals surface area contributed by atoms with Crippen molar-refractivity contribution in [3.8, 4) is 0 Å². The summed E-state index contributed by atoms with van der Waals surface area (Å²) in [4.78, 5) is 0. The molecule has 0 aliphatic carbocycles. The third-order valence-electron chi connectivity index (χ3n) is 3.18. The SMILES string of the molecule is C=CC[C@H]1CN[C@H](C)Cc2ccccc21. The number of nitrogens with one attached hydrogen (secondary N) is 1. The maximum absolute atomic E-state index is 3.85. The van der Waals surface area contributed by atoms with Crippen molar-refractivity contribution in [3.63, 3.8) is 0 Å². The highest BCUT2D eigenvalue weighted by molar-refractivity contribution is 5.33. The van der Waals surface area contributed by atoms with E-state index in [4.69, 9.17) is 0 Å². The molecule has 1 heteroatoms. The zero-order valence-corrected chi connectivity index (χ0v) is 9.37. The predicted octanol–water partition coefficient (Wildman–Crippen LogP) is 2.88. The Kier molecular flexibility index (Phi) is 3.22. The van der Waals surface area contributed by atoms with Gasteiger partial charge in [-0.15, -0.1) is 6.58 Å². The lowest BCUT2D eigenvalue weighted by Crippen LogP contribution is -2.28. The maximum atomic E-state index is 3.85. The first-order valence-corrected chi connectivity index (χ1v) is 5.73. The second-order valence-electron chi connectivity index (χ2n) is 4.43. The highest BCUT2D eigenvalue weighted by atomic mass is 14.9. The Morgan fingerprint density at radius 2 is 2.27 bits per heavy atom. The molecule has 2 rings (SSSR count). The van der Waals surface area contributed by atoms with E-state index < -0.39 is 0 Å². The lowest BCUT2D eigenvalue weighted by atomic mass is 9.91. The number of benzene rings is 1. The van der Waals surface area contributed by atoms with Crippen molar-refractivity contribution in [2.75, 3.05) is 6.54 Å². The number of hydrogen-bond acceptors (Lipinski definition) is 1. The molecule has 15 heavy (non-hydrogen) atoms. The molecule has 0 saturated carbocycles. The minimum atomic E-state index is 0.584. The van der Waals surface area contributed by atoms with E-state index in [-0.39, 0.29) is 0 Å². The lowest BCUT2D eigenvalue weighted by molar-refractivity contribution is 0.529. The van der Waals surface area contributed by atoms with Crippen LogP contribution in [0.25, 0.3) is 0 Å². The fraction of sp³-hybridized carbons (Fsp3) is 0.429. The minimum absolute atomic E-state index is 0.584. The first-order valence-electron chi connectivity index (χ1n) is 5.73. The van der Waals surface area contributed by atoms with Crippen LogP contribution in [0.1, 0.15) is 30.4 Å². The Hall–Kier alpha value is -1.08. The van der Waals surface area contributed by atoms with E-state index in [0.717, 1.165) is 19.4 Å². The molecule has 1 nitrogen and oxygen atoms in total. The zero-order valence-electron chi connectivity index (χ0n) is 9.37. The van der Waals surface area contributed by atoms with E-state index in [1.54, 1.807) is 0 Å². The number of rotatable bonds is 2. The van der Waals surface area contributed by atoms with Crippen LogP contribution < -0.4 is 5.32 Å². The highest BCUT2D eigenvalue weighted by Crippen LogP contribution is 2.26. The molecule has 80 valence electrons. The smallest absolute Gasteiger partial charge is 0.00794 e. The van der Waals surface area contributed by atoms with Crippen LogP contribution in [0.2, 0.25) is 0 Å². The highest BCUT2D eigenvalue weighted by Gasteiger charge is 2.19. The summed E-state index contributed by atoms with van der Waals surface area (Å²) in [6.45, 7) is 7.18. The molecule has 2 atom stereocenters. The molecule has 1 aromatic carbocycles. The first kappa shape index (κ1) is 10.4. The summed E-state index contributed by atoms with van der Waals surface area (Å²) in [7, 11) is 0. The molecule has 1 N–H and O–H groups in total. The Morgan fingerprint density at radius 1 is 1.47 bits per heavy atom. The summed E-state index contributed by atoms with van der Waals surface area (Å²) in [6, 6.07) is 9.39. The average Bonchev–Trinajstić information content (AvgIpc) is 2.39. The van der Waals surface area contributed by atoms with Crippen molar-refractivity contribution in [2.45, 2.75) is 31.7 Å². The van der Waals surface area contributed by atoms with Gasteiger partial charge >= 0.3 is 0 Å². The van der Waals surface area contributed by atoms with Crippen LogP contribution >= 0.6 is 0 Å². The van der Waals surface area contributed by atoms with Gasteiger partial charge in [-0.3, -0.25) is 0 Å². The molecule has 0 aromatic heterocycles. The minimum Gasteiger partial charge on any atom is -0.313 e. The molecular weight excluding hydrogens is 182 g/mol. The van der Waals surface area contributed by atoms with E-state index in [9.17, 15) is 0 Å². The number of allylic oxidation sites excluding steroid dienone is 1. The van der Waals surface area contributed by atoms with Crippen LogP contribution in [0.5, 0.6) is 0 Å². The summed E-state index contributed by atoms with van der Waals surface area (Å²) in [5, 5.41) is 3.58. The molecule has 1 aliphatic heterocycles. The van der Waals surface area contributed by atoms with Crippen molar-refractivity contribution < 1.29 is 0 Å². The van der Waals surface area contributed by atoms with E-state index in [2.05, 4.69) is 43.1 Å². The Balaban J connectivity index is 2.33. The Bertz CT molecular complexity index is 343. The Morgan fingerprint density at radius 3 is 3.07 bits per heavy atom. The van der Waals surface area contributed by atoms with Gasteiger partial charge in [0.1, 0.15) is 0 Å². The quantitative estimate of drug-likeness (QED) is 0.725. The monoisotopic (exact) mass is 201 g/mol. The summed E-state index contributed by atoms with van der Waals surface area (Å²) >= 11 is 0. The van der Waals surface area contributed by atoms with Crippen LogP contribution in [0.15, 0.2) is 36.9 Å². The van der Waals surface area contributed by atoms with E-state index in [1.807, 2.05) is 6.08 Å². The van der Waals surface area contributed by atoms with Gasteiger partial charge < -0.3 is 5.32 Å². The van der Waals surface area contributed by atoms with Crippen LogP contribution in [-0.2, 0) is 6.42 Å². The van der Waals surface area contributed by atoms with Crippen LogP contribution in [0.4, 0.5) is 0 Å². The fourth-order valence-electron chi connectivity index (χ4n) is 2.39. The zero-order chi connectivity index (χ0) is 10.7. The molecule has 0 saturated heterocycles. The topological polar surface area (TPSA) is 12.0 Å². The maximum Gasteiger partial charge on any atom is 0.00794 e. The van der Waals surface area contributed by atoms with Crippen molar-refractivity contribution in [1.29, 1.82) is 0 Å². The molecule has 1 aliphatic rings. The standard InChI is InChI=1S/C14H19N/c1-3-6-13-10-15-11(2)9-12-7-4-5-8-14(12)13/h3-5,7-8,11,13,15H,1,6,9-10H2,2H3/t11-,13+/m1/s1. The fourth-order valence-corrected chi connectivity index (χ4v) is 2.39. The van der Waals surface area contributed by atoms with Crippen molar-refractivity contribution in [3.05, 3.63) is 48.0 Å². The van der Waals surface area contributed by atoms with E-state index >= 15 is 0 Å². The molecular formula is C14H19N. The third kappa shape index (κ3) is 2.29. The van der Waals surface area contributed by atoms with E-state index in [0.29, 0.717) is 12.0 Å². The molecule has 1 heterocycles. The van der Waals surface area contributed by atoms with Gasteiger partial charge in [0.25, 0.3) is 0 Å². The van der Waals surface area contributed by atoms with E-state index in [1.165, 1.54) is 11.1 Å². The van der Waals surface area contributed by atoms with Crippen LogP contribution in [0.3, 0.4) is 0 Å². The largest absolute Gasteiger partial charge is 0.313 e. The van der Waals surface area contributed by atoms with Gasteiger partial charge in [-0.1, -0.05) is 30.3 Å². The normalized spacial score (nSPS) is 25.4. The Labute approximate surface area is 92.2 Å². The van der Waals surface area contributed by atoms with Gasteiger partial charge in [0.05, 0.1) is 0 Å². The van der Waals surface area contributed by atoms with Crippen molar-refractivity contribution >= 4 is 0 Å².